The second kappa shape index (κ2) is 17.6. The van der Waals surface area contributed by atoms with Crippen LogP contribution >= 0.6 is 0 Å². The van der Waals surface area contributed by atoms with Gasteiger partial charge in [-0.15, -0.1) is 5.10 Å². The molecule has 1 fully saturated rings. The molecule has 1 saturated heterocycles. The highest BCUT2D eigenvalue weighted by Gasteiger charge is 2.66. The van der Waals surface area contributed by atoms with Crippen molar-refractivity contribution >= 4 is 53.0 Å². The largest absolute Gasteiger partial charge is 0.497 e. The Balaban J connectivity index is 1.01. The molecule has 14 nitrogen and oxygen atoms in total. The number of aryl methyl sites for hydroxylation is 1. The first-order valence-corrected chi connectivity index (χ1v) is 24.9. The molecule has 15 heteroatoms. The number of rotatable bonds is 15. The number of anilines is 2. The number of non-ortho nitro benzene ring substituents is 1. The number of nitro groups is 1. The molecular formula is C50H51N7O7Si. The number of amides is 2. The molecule has 4 heterocycles. The van der Waals surface area contributed by atoms with E-state index in [9.17, 15) is 20.0 Å². The molecule has 7 aromatic rings. The number of aliphatic hydroxyl groups excluding tert-OH is 1. The van der Waals surface area contributed by atoms with Crippen LogP contribution in [0.25, 0.3) is 10.9 Å². The van der Waals surface area contributed by atoms with Gasteiger partial charge in [0, 0.05) is 59.1 Å². The van der Waals surface area contributed by atoms with Crippen LogP contribution in [0.5, 0.6) is 5.75 Å². The highest BCUT2D eigenvalue weighted by Crippen LogP contribution is 2.60. The van der Waals surface area contributed by atoms with Crippen molar-refractivity contribution in [1.29, 1.82) is 0 Å². The van der Waals surface area contributed by atoms with Crippen LogP contribution in [-0.4, -0.2) is 69.7 Å². The van der Waals surface area contributed by atoms with E-state index < -0.39 is 30.6 Å². The molecule has 1 spiro atoms. The predicted octanol–water partition coefficient (Wildman–Crippen LogP) is 7.83. The Bertz CT molecular complexity index is 2870. The maximum Gasteiger partial charge on any atom is 0.269 e. The second-order valence-corrected chi connectivity index (χ2v) is 22.3. The van der Waals surface area contributed by atoms with Gasteiger partial charge in [0.05, 0.1) is 63.1 Å². The van der Waals surface area contributed by atoms with Crippen molar-refractivity contribution in [2.24, 2.45) is 5.92 Å². The molecule has 2 aromatic heterocycles. The number of nitrogens with zero attached hydrogens (tertiary/aromatic N) is 5. The molecule has 0 bridgehead atoms. The SMILES string of the molecule is COc1ccc([Si](C)(C)[C@H]2[C@H](CCn3cc(C(CO)c4ccccc4)nn3)O[C@@]3(C(=O)N(Cc4ccc(NC(=O)Cc5c[nH]c6ccccc56)cc4)c4ccc([N+](=O)[O-])cc43)[C@@H]2C)cc1. The zero-order chi connectivity index (χ0) is 45.5. The molecule has 2 aliphatic heterocycles. The molecule has 3 N–H and O–H groups in total. The number of para-hydroxylation sites is 1. The van der Waals surface area contributed by atoms with Gasteiger partial charge in [-0.3, -0.25) is 24.4 Å². The van der Waals surface area contributed by atoms with Gasteiger partial charge in [0.15, 0.2) is 5.60 Å². The molecule has 0 saturated carbocycles. The van der Waals surface area contributed by atoms with E-state index in [1.807, 2.05) is 103 Å². The van der Waals surface area contributed by atoms with E-state index in [2.05, 4.69) is 52.8 Å². The monoisotopic (exact) mass is 889 g/mol. The van der Waals surface area contributed by atoms with E-state index in [-0.39, 0.29) is 48.5 Å². The normalized spacial score (nSPS) is 19.7. The summed E-state index contributed by atoms with van der Waals surface area (Å²) in [5.74, 6) is -0.430. The number of carbonyl (C=O) groups is 2. The van der Waals surface area contributed by atoms with E-state index in [0.717, 1.165) is 38.5 Å². The second-order valence-electron chi connectivity index (χ2n) is 17.6. The summed E-state index contributed by atoms with van der Waals surface area (Å²) in [7, 11) is -0.904. The number of methoxy groups -OCH3 is 1. The van der Waals surface area contributed by atoms with Crippen LogP contribution in [0.15, 0.2) is 134 Å². The fourth-order valence-electron chi connectivity index (χ4n) is 10.3. The van der Waals surface area contributed by atoms with E-state index in [4.69, 9.17) is 9.47 Å². The maximum atomic E-state index is 15.4. The summed E-state index contributed by atoms with van der Waals surface area (Å²) in [6.45, 7) is 7.10. The zero-order valence-electron chi connectivity index (χ0n) is 36.7. The minimum absolute atomic E-state index is 0.125. The average molecular weight is 890 g/mol. The van der Waals surface area contributed by atoms with Crippen LogP contribution in [0.2, 0.25) is 18.6 Å². The highest BCUT2D eigenvalue weighted by atomic mass is 28.3. The van der Waals surface area contributed by atoms with Gasteiger partial charge in [0.1, 0.15) is 5.75 Å². The minimum atomic E-state index is -2.54. The number of H-pyrrole nitrogens is 1. The number of hydrogen-bond acceptors (Lipinski definition) is 9. The lowest BCUT2D eigenvalue weighted by molar-refractivity contribution is -0.385. The number of benzene rings is 5. The number of hydrogen-bond donors (Lipinski definition) is 3. The van der Waals surface area contributed by atoms with E-state index in [1.54, 1.807) is 22.8 Å². The number of aliphatic hydroxyl groups is 1. The van der Waals surface area contributed by atoms with Crippen LogP contribution in [0.3, 0.4) is 0 Å². The van der Waals surface area contributed by atoms with Gasteiger partial charge in [0.2, 0.25) is 5.91 Å². The Morgan fingerprint density at radius 3 is 2.48 bits per heavy atom. The lowest BCUT2D eigenvalue weighted by atomic mass is 9.82. The molecule has 5 aromatic carbocycles. The molecule has 2 amide bonds. The smallest absolute Gasteiger partial charge is 0.269 e. The van der Waals surface area contributed by atoms with Gasteiger partial charge in [-0.1, -0.05) is 103 Å². The molecule has 65 heavy (non-hydrogen) atoms. The summed E-state index contributed by atoms with van der Waals surface area (Å²) in [6, 6.07) is 37.6. The highest BCUT2D eigenvalue weighted by molar-refractivity contribution is 6.91. The third-order valence-electron chi connectivity index (χ3n) is 13.6. The summed E-state index contributed by atoms with van der Waals surface area (Å²) in [6.07, 6.45) is 3.94. The molecule has 1 unspecified atom stereocenters. The van der Waals surface area contributed by atoms with Gasteiger partial charge >= 0.3 is 0 Å². The van der Waals surface area contributed by atoms with Crippen molar-refractivity contribution in [2.45, 2.75) is 69.1 Å². The van der Waals surface area contributed by atoms with Crippen LogP contribution in [0.4, 0.5) is 17.1 Å². The summed E-state index contributed by atoms with van der Waals surface area (Å²) in [4.78, 5) is 45.3. The minimum Gasteiger partial charge on any atom is -0.497 e. The topological polar surface area (TPSA) is 178 Å². The van der Waals surface area contributed by atoms with Gasteiger partial charge in [-0.25, -0.2) is 0 Å². The van der Waals surface area contributed by atoms with Gasteiger partial charge in [-0.2, -0.15) is 0 Å². The quantitative estimate of drug-likeness (QED) is 0.0526. The average Bonchev–Trinajstić information content (AvgIpc) is 4.08. The third kappa shape index (κ3) is 8.00. The van der Waals surface area contributed by atoms with Crippen molar-refractivity contribution in [3.63, 3.8) is 0 Å². The van der Waals surface area contributed by atoms with Crippen molar-refractivity contribution in [1.82, 2.24) is 20.0 Å². The Labute approximate surface area is 377 Å². The van der Waals surface area contributed by atoms with Crippen LogP contribution in [0, 0.1) is 16.0 Å². The van der Waals surface area contributed by atoms with Crippen LogP contribution < -0.4 is 20.1 Å². The van der Waals surface area contributed by atoms with Crippen molar-refractivity contribution in [3.05, 3.63) is 172 Å². The Morgan fingerprint density at radius 1 is 1.02 bits per heavy atom. The third-order valence-corrected chi connectivity index (χ3v) is 17.9. The Kier molecular flexibility index (Phi) is 11.7. The van der Waals surface area contributed by atoms with E-state index >= 15 is 4.79 Å². The van der Waals surface area contributed by atoms with Gasteiger partial charge in [0.25, 0.3) is 11.6 Å². The summed E-state index contributed by atoms with van der Waals surface area (Å²) in [5.41, 5.74) is 4.14. The summed E-state index contributed by atoms with van der Waals surface area (Å²) in [5, 5.41) is 36.8. The summed E-state index contributed by atoms with van der Waals surface area (Å²) < 4.78 is 14.5. The number of aromatic amines is 1. The Morgan fingerprint density at radius 2 is 1.75 bits per heavy atom. The van der Waals surface area contributed by atoms with E-state index in [1.165, 1.54) is 12.1 Å². The maximum absolute atomic E-state index is 15.4. The first kappa shape index (κ1) is 43.3. The molecule has 332 valence electrons. The van der Waals surface area contributed by atoms with Crippen molar-refractivity contribution in [2.75, 3.05) is 23.9 Å². The number of aromatic nitrogens is 4. The predicted molar refractivity (Wildman–Crippen MR) is 251 cm³/mol. The lowest BCUT2D eigenvalue weighted by Crippen LogP contribution is -2.51. The zero-order valence-corrected chi connectivity index (χ0v) is 37.7. The number of nitrogens with one attached hydrogen (secondary N) is 2. The number of carbonyl (C=O) groups excluding carboxylic acids is 2. The number of nitro benzene ring substituents is 1. The van der Waals surface area contributed by atoms with Crippen LogP contribution in [0.1, 0.15) is 47.2 Å². The van der Waals surface area contributed by atoms with Crippen molar-refractivity contribution < 1.29 is 29.1 Å². The molecular weight excluding hydrogens is 839 g/mol. The summed E-state index contributed by atoms with van der Waals surface area (Å²) >= 11 is 0. The van der Waals surface area contributed by atoms with Crippen molar-refractivity contribution in [3.8, 4) is 5.75 Å². The fourth-order valence-corrected chi connectivity index (χ4v) is 14.3. The Hall–Kier alpha value is -6.94. The molecule has 9 rings (SSSR count). The molecule has 5 atom stereocenters. The number of ether oxygens (including phenoxy) is 2. The molecule has 0 radical (unpaired) electrons. The first-order valence-electron chi connectivity index (χ1n) is 21.8. The van der Waals surface area contributed by atoms with Gasteiger partial charge < -0.3 is 29.8 Å². The van der Waals surface area contributed by atoms with E-state index in [0.29, 0.717) is 35.6 Å². The molecule has 2 aliphatic rings. The standard InChI is InChI=1S/C50H51N7O7Si/c1-32-48(65(3,4)39-21-19-38(63-2)20-22-39)46(24-25-55-30-44(53-54-55)41(31-58)34-10-6-5-7-11-34)64-50(32)42-27-37(57(61)62)18-23-45(42)56(49(50)60)29-33-14-16-36(17-15-33)52-47(59)26-35-28-51-43-13-9-8-12-40(35)43/h5-23,27-28,30,32,41,46,48,51,58H,24-26,29,31H2,1-4H3,(H,52,59)/t32-,41?,46+,48-,50+/m1/s1. The first-order chi connectivity index (χ1) is 31.4. The lowest BCUT2D eigenvalue weighted by Gasteiger charge is -2.37. The number of fused-ring (bicyclic) bond motifs is 3. The molecule has 0 aliphatic carbocycles. The van der Waals surface area contributed by atoms with Crippen LogP contribution in [-0.2, 0) is 39.4 Å². The fraction of sp³-hybridized carbons (Fsp3) is 0.280. The van der Waals surface area contributed by atoms with Gasteiger partial charge in [-0.05, 0) is 65.1 Å².